The van der Waals surface area contributed by atoms with E-state index in [0.29, 0.717) is 24.8 Å². The van der Waals surface area contributed by atoms with Gasteiger partial charge in [0.2, 0.25) is 15.7 Å². The van der Waals surface area contributed by atoms with E-state index in [2.05, 4.69) is 9.97 Å². The van der Waals surface area contributed by atoms with Crippen molar-refractivity contribution in [3.8, 4) is 17.0 Å². The number of hydrogen-bond acceptors (Lipinski definition) is 6. The van der Waals surface area contributed by atoms with Gasteiger partial charge in [-0.1, -0.05) is 44.5 Å². The van der Waals surface area contributed by atoms with Gasteiger partial charge in [-0.05, 0) is 72.4 Å². The molecule has 0 spiro atoms. The molecular weight excluding hydrogens is 505 g/mol. The zero-order valence-corrected chi connectivity index (χ0v) is 22.4. The second-order valence-corrected chi connectivity index (χ2v) is 11.0. The monoisotopic (exact) mass is 535 g/mol. The van der Waals surface area contributed by atoms with Crippen molar-refractivity contribution in [2.75, 3.05) is 0 Å². The molecule has 1 atom stereocenters. The highest BCUT2D eigenvalue weighted by Gasteiger charge is 2.31. The molecule has 0 saturated heterocycles. The van der Waals surface area contributed by atoms with Gasteiger partial charge in [-0.2, -0.15) is 4.98 Å². The molecular formula is C29H30FN3O4S. The first-order valence-electron chi connectivity index (χ1n) is 12.5. The van der Waals surface area contributed by atoms with Gasteiger partial charge in [0.05, 0.1) is 10.9 Å². The summed E-state index contributed by atoms with van der Waals surface area (Å²) in [4.78, 5) is 21.3. The van der Waals surface area contributed by atoms with Gasteiger partial charge in [0.25, 0.3) is 5.56 Å². The molecule has 9 heteroatoms. The lowest BCUT2D eigenvalue weighted by molar-refractivity contribution is 0.406. The van der Waals surface area contributed by atoms with E-state index in [4.69, 9.17) is 0 Å². The number of aromatic nitrogens is 3. The van der Waals surface area contributed by atoms with Crippen LogP contribution in [0.4, 0.5) is 4.39 Å². The fourth-order valence-electron chi connectivity index (χ4n) is 4.60. The van der Waals surface area contributed by atoms with Gasteiger partial charge in [-0.25, -0.2) is 12.8 Å². The number of hydrogen-bond donors (Lipinski definition) is 1. The largest absolute Gasteiger partial charge is 0.492 e. The van der Waals surface area contributed by atoms with Crippen molar-refractivity contribution in [1.29, 1.82) is 0 Å². The third-order valence-electron chi connectivity index (χ3n) is 6.60. The van der Waals surface area contributed by atoms with Crippen molar-refractivity contribution >= 4 is 9.84 Å². The zero-order valence-electron chi connectivity index (χ0n) is 21.6. The molecule has 4 rings (SSSR count). The fourth-order valence-corrected chi connectivity index (χ4v) is 5.94. The first-order chi connectivity index (χ1) is 18.2. The summed E-state index contributed by atoms with van der Waals surface area (Å²) in [6.07, 6.45) is 5.68. The number of sulfone groups is 1. The van der Waals surface area contributed by atoms with Crippen LogP contribution in [0.3, 0.4) is 0 Å². The Morgan fingerprint density at radius 2 is 1.71 bits per heavy atom. The van der Waals surface area contributed by atoms with E-state index in [1.807, 2.05) is 26.8 Å². The average molecular weight is 536 g/mol. The first-order valence-corrected chi connectivity index (χ1v) is 14.0. The van der Waals surface area contributed by atoms with Gasteiger partial charge in [-0.15, -0.1) is 0 Å². The summed E-state index contributed by atoms with van der Waals surface area (Å²) in [5.41, 5.74) is 2.42. The number of pyridine rings is 1. The van der Waals surface area contributed by atoms with Crippen LogP contribution in [0.25, 0.3) is 11.1 Å². The summed E-state index contributed by atoms with van der Waals surface area (Å²) < 4.78 is 42.3. The van der Waals surface area contributed by atoms with Crippen molar-refractivity contribution in [2.24, 2.45) is 0 Å². The molecule has 0 aliphatic heterocycles. The first kappa shape index (κ1) is 27.2. The Morgan fingerprint density at radius 1 is 1.03 bits per heavy atom. The smallest absolute Gasteiger partial charge is 0.277 e. The summed E-state index contributed by atoms with van der Waals surface area (Å²) >= 11 is 0. The van der Waals surface area contributed by atoms with Crippen molar-refractivity contribution in [3.63, 3.8) is 0 Å². The molecule has 0 amide bonds. The SMILES string of the molecule is CCCCc1nc(O)c(S(=O)(=O)c2ccc(-c3ccncc3C)cc2)c(=O)n1C(CC)c1ccc(F)cc1. The maximum absolute atomic E-state index is 13.9. The molecule has 1 N–H and O–H groups in total. The number of halogens is 1. The highest BCUT2D eigenvalue weighted by atomic mass is 32.2. The molecule has 0 radical (unpaired) electrons. The number of aryl methyl sites for hydroxylation is 2. The van der Waals surface area contributed by atoms with Crippen molar-refractivity contribution in [2.45, 2.75) is 62.3 Å². The molecule has 2 aromatic heterocycles. The van der Waals surface area contributed by atoms with Crippen LogP contribution in [-0.4, -0.2) is 28.1 Å². The highest BCUT2D eigenvalue weighted by Crippen LogP contribution is 2.30. The lowest BCUT2D eigenvalue weighted by atomic mass is 10.0. The molecule has 0 aliphatic rings. The Hall–Kier alpha value is -3.85. The predicted molar refractivity (Wildman–Crippen MR) is 143 cm³/mol. The van der Waals surface area contributed by atoms with Crippen LogP contribution in [0.2, 0.25) is 0 Å². The number of aromatic hydroxyl groups is 1. The number of unbranched alkanes of at least 4 members (excludes halogenated alkanes) is 1. The Kier molecular flexibility index (Phi) is 8.06. The van der Waals surface area contributed by atoms with Gasteiger partial charge in [0.1, 0.15) is 11.6 Å². The van der Waals surface area contributed by atoms with Gasteiger partial charge in [-0.3, -0.25) is 14.3 Å². The van der Waals surface area contributed by atoms with Gasteiger partial charge >= 0.3 is 0 Å². The van der Waals surface area contributed by atoms with Crippen LogP contribution in [0, 0.1) is 12.7 Å². The summed E-state index contributed by atoms with van der Waals surface area (Å²) in [6, 6.07) is 13.1. The van der Waals surface area contributed by atoms with Crippen LogP contribution in [0.1, 0.15) is 56.1 Å². The van der Waals surface area contributed by atoms with Crippen LogP contribution < -0.4 is 5.56 Å². The van der Waals surface area contributed by atoms with Crippen LogP contribution in [0.5, 0.6) is 5.88 Å². The average Bonchev–Trinajstić information content (AvgIpc) is 2.90. The maximum Gasteiger partial charge on any atom is 0.277 e. The Balaban J connectivity index is 1.86. The normalized spacial score (nSPS) is 12.4. The minimum atomic E-state index is -4.42. The molecule has 198 valence electrons. The zero-order chi connectivity index (χ0) is 27.4. The van der Waals surface area contributed by atoms with Gasteiger partial charge in [0.15, 0.2) is 4.90 Å². The van der Waals surface area contributed by atoms with Gasteiger partial charge < -0.3 is 5.11 Å². The molecule has 0 saturated carbocycles. The molecule has 4 aromatic rings. The van der Waals surface area contributed by atoms with E-state index >= 15 is 0 Å². The summed E-state index contributed by atoms with van der Waals surface area (Å²) in [5.74, 6) is -0.951. The number of benzene rings is 2. The summed E-state index contributed by atoms with van der Waals surface area (Å²) in [7, 11) is -4.42. The van der Waals surface area contributed by atoms with Crippen molar-refractivity contribution in [1.82, 2.24) is 14.5 Å². The Bertz CT molecular complexity index is 1600. The van der Waals surface area contributed by atoms with E-state index in [1.165, 1.54) is 28.8 Å². The quantitative estimate of drug-likeness (QED) is 0.298. The highest BCUT2D eigenvalue weighted by molar-refractivity contribution is 7.91. The van der Waals surface area contributed by atoms with E-state index < -0.39 is 38.0 Å². The fraction of sp³-hybridized carbons (Fsp3) is 0.276. The molecule has 2 aromatic carbocycles. The standard InChI is InChI=1S/C29H30FN3O4S/c1-4-6-7-26-32-28(34)27(29(35)33(26)25(5-2)21-8-12-22(30)13-9-21)38(36,37)23-14-10-20(11-15-23)24-16-17-31-18-19(24)3/h8-18,25,34H,4-7H2,1-3H3. The predicted octanol–water partition coefficient (Wildman–Crippen LogP) is 5.63. The van der Waals surface area contributed by atoms with Crippen LogP contribution in [0.15, 0.2) is 81.6 Å². The third-order valence-corrected chi connectivity index (χ3v) is 8.39. The van der Waals surface area contributed by atoms with Crippen molar-refractivity contribution < 1.29 is 17.9 Å². The Morgan fingerprint density at radius 3 is 2.32 bits per heavy atom. The molecule has 2 heterocycles. The van der Waals surface area contributed by atoms with Gasteiger partial charge in [0, 0.05) is 18.8 Å². The second kappa shape index (κ2) is 11.3. The number of rotatable bonds is 9. The molecule has 38 heavy (non-hydrogen) atoms. The van der Waals surface area contributed by atoms with E-state index in [-0.39, 0.29) is 10.7 Å². The minimum Gasteiger partial charge on any atom is -0.492 e. The molecule has 0 bridgehead atoms. The summed E-state index contributed by atoms with van der Waals surface area (Å²) in [6.45, 7) is 5.74. The molecule has 7 nitrogen and oxygen atoms in total. The molecule has 1 unspecified atom stereocenters. The van der Waals surface area contributed by atoms with E-state index in [1.54, 1.807) is 36.7 Å². The topological polar surface area (TPSA) is 102 Å². The summed E-state index contributed by atoms with van der Waals surface area (Å²) in [5, 5.41) is 10.8. The minimum absolute atomic E-state index is 0.134. The third kappa shape index (κ3) is 5.24. The van der Waals surface area contributed by atoms with Crippen LogP contribution in [-0.2, 0) is 16.3 Å². The van der Waals surface area contributed by atoms with E-state index in [0.717, 1.165) is 23.1 Å². The number of nitrogens with zero attached hydrogens (tertiary/aromatic N) is 3. The lowest BCUT2D eigenvalue weighted by Gasteiger charge is -2.23. The Labute approximate surface area is 221 Å². The second-order valence-electron chi connectivity index (χ2n) is 9.15. The lowest BCUT2D eigenvalue weighted by Crippen LogP contribution is -2.33. The van der Waals surface area contributed by atoms with E-state index in [9.17, 15) is 22.7 Å². The maximum atomic E-state index is 13.9. The molecule has 0 aliphatic carbocycles. The van der Waals surface area contributed by atoms with Crippen LogP contribution >= 0.6 is 0 Å². The van der Waals surface area contributed by atoms with Crippen molar-refractivity contribution in [3.05, 3.63) is 100 Å². The molecule has 0 fully saturated rings.